The molecule has 1 saturated heterocycles. The van der Waals surface area contributed by atoms with Crippen molar-refractivity contribution in [2.75, 3.05) is 26.8 Å². The van der Waals surface area contributed by atoms with E-state index in [2.05, 4.69) is 6.92 Å². The van der Waals surface area contributed by atoms with E-state index < -0.39 is 11.2 Å². The number of likely N-dealkylation sites (tertiary alicyclic amines) is 1. The van der Waals surface area contributed by atoms with Gasteiger partial charge in [0, 0.05) is 25.1 Å². The Bertz CT molecular complexity index is 596. The van der Waals surface area contributed by atoms with Gasteiger partial charge in [0.15, 0.2) is 0 Å². The van der Waals surface area contributed by atoms with Gasteiger partial charge in [0.25, 0.3) is 5.91 Å². The molecule has 0 aliphatic carbocycles. The van der Waals surface area contributed by atoms with Crippen LogP contribution in [0.2, 0.25) is 0 Å². The summed E-state index contributed by atoms with van der Waals surface area (Å²) in [4.78, 5) is 26.6. The maximum atomic E-state index is 12.9. The SMILES string of the molecule is COCC1(C)CCN(C(=O)c2ccccc2SC(C)C(=O)O)CC1. The highest BCUT2D eigenvalue weighted by Crippen LogP contribution is 2.33. The Morgan fingerprint density at radius 3 is 2.54 bits per heavy atom. The summed E-state index contributed by atoms with van der Waals surface area (Å²) in [7, 11) is 1.71. The summed E-state index contributed by atoms with van der Waals surface area (Å²) in [6, 6.07) is 7.25. The monoisotopic (exact) mass is 351 g/mol. The van der Waals surface area contributed by atoms with Gasteiger partial charge in [0.1, 0.15) is 5.25 Å². The molecule has 1 aromatic carbocycles. The summed E-state index contributed by atoms with van der Waals surface area (Å²) < 4.78 is 5.29. The van der Waals surface area contributed by atoms with Gasteiger partial charge in [-0.2, -0.15) is 0 Å². The number of carbonyl (C=O) groups excluding carboxylic acids is 1. The number of amides is 1. The predicted octanol–water partition coefficient (Wildman–Crippen LogP) is 3.14. The van der Waals surface area contributed by atoms with Gasteiger partial charge in [0.05, 0.1) is 12.2 Å². The van der Waals surface area contributed by atoms with Crippen molar-refractivity contribution in [1.29, 1.82) is 0 Å². The number of carboxylic acid groups (broad SMARTS) is 1. The van der Waals surface area contributed by atoms with Crippen LogP contribution < -0.4 is 0 Å². The minimum atomic E-state index is -0.879. The van der Waals surface area contributed by atoms with Crippen LogP contribution in [-0.4, -0.2) is 53.9 Å². The van der Waals surface area contributed by atoms with Gasteiger partial charge in [-0.3, -0.25) is 9.59 Å². The Morgan fingerprint density at radius 2 is 1.96 bits per heavy atom. The molecule has 0 saturated carbocycles. The Balaban J connectivity index is 2.09. The Morgan fingerprint density at radius 1 is 1.33 bits per heavy atom. The number of methoxy groups -OCH3 is 1. The van der Waals surface area contributed by atoms with Crippen molar-refractivity contribution in [3.8, 4) is 0 Å². The van der Waals surface area contributed by atoms with Gasteiger partial charge < -0.3 is 14.7 Å². The van der Waals surface area contributed by atoms with Gasteiger partial charge in [-0.25, -0.2) is 0 Å². The molecule has 132 valence electrons. The minimum Gasteiger partial charge on any atom is -0.480 e. The van der Waals surface area contributed by atoms with Crippen LogP contribution >= 0.6 is 11.8 Å². The standard InChI is InChI=1S/C18H25NO4S/c1-13(17(21)22)24-15-7-5-4-6-14(15)16(20)19-10-8-18(2,9-11-19)12-23-3/h4-7,13H,8-12H2,1-3H3,(H,21,22). The van der Waals surface area contributed by atoms with Gasteiger partial charge in [-0.1, -0.05) is 19.1 Å². The second-order valence-electron chi connectivity index (χ2n) is 6.63. The highest BCUT2D eigenvalue weighted by atomic mass is 32.2. The fourth-order valence-corrected chi connectivity index (χ4v) is 3.82. The number of aliphatic carboxylic acids is 1. The smallest absolute Gasteiger partial charge is 0.316 e. The fraction of sp³-hybridized carbons (Fsp3) is 0.556. The molecule has 0 radical (unpaired) electrons. The molecule has 1 unspecified atom stereocenters. The number of ether oxygens (including phenoxy) is 1. The first-order valence-corrected chi connectivity index (χ1v) is 9.01. The zero-order valence-electron chi connectivity index (χ0n) is 14.4. The number of rotatable bonds is 6. The third-order valence-corrected chi connectivity index (χ3v) is 5.68. The van der Waals surface area contributed by atoms with E-state index in [1.54, 1.807) is 20.1 Å². The van der Waals surface area contributed by atoms with Crippen LogP contribution in [0, 0.1) is 5.41 Å². The number of nitrogens with zero attached hydrogens (tertiary/aromatic N) is 1. The first kappa shape index (κ1) is 18.8. The Labute approximate surface area is 147 Å². The third kappa shape index (κ3) is 4.51. The Kier molecular flexibility index (Phi) is 6.29. The molecule has 1 aromatic rings. The molecule has 24 heavy (non-hydrogen) atoms. The quantitative estimate of drug-likeness (QED) is 0.798. The van der Waals surface area contributed by atoms with Crippen molar-refractivity contribution in [3.05, 3.63) is 29.8 Å². The van der Waals surface area contributed by atoms with Crippen molar-refractivity contribution in [3.63, 3.8) is 0 Å². The fourth-order valence-electron chi connectivity index (χ4n) is 2.90. The lowest BCUT2D eigenvalue weighted by atomic mass is 9.81. The van der Waals surface area contributed by atoms with Crippen LogP contribution in [0.5, 0.6) is 0 Å². The summed E-state index contributed by atoms with van der Waals surface area (Å²) in [6.45, 7) is 5.93. The topological polar surface area (TPSA) is 66.8 Å². The highest BCUT2D eigenvalue weighted by Gasteiger charge is 2.32. The van der Waals surface area contributed by atoms with Crippen molar-refractivity contribution in [1.82, 2.24) is 4.90 Å². The van der Waals surface area contributed by atoms with Gasteiger partial charge >= 0.3 is 5.97 Å². The summed E-state index contributed by atoms with van der Waals surface area (Å²) in [6.07, 6.45) is 1.82. The van der Waals surface area contributed by atoms with Gasteiger partial charge in [-0.05, 0) is 37.3 Å². The van der Waals surface area contributed by atoms with E-state index in [0.717, 1.165) is 17.7 Å². The van der Waals surface area contributed by atoms with E-state index in [1.165, 1.54) is 11.8 Å². The van der Waals surface area contributed by atoms with Gasteiger partial charge in [-0.15, -0.1) is 11.8 Å². The average Bonchev–Trinajstić information content (AvgIpc) is 2.55. The molecule has 5 nitrogen and oxygen atoms in total. The lowest BCUT2D eigenvalue weighted by molar-refractivity contribution is -0.136. The molecule has 0 spiro atoms. The normalized spacial score (nSPS) is 18.2. The van der Waals surface area contributed by atoms with E-state index in [0.29, 0.717) is 25.3 Å². The molecule has 1 aliphatic heterocycles. The summed E-state index contributed by atoms with van der Waals surface area (Å²) in [5.74, 6) is -0.897. The van der Waals surface area contributed by atoms with E-state index in [4.69, 9.17) is 9.84 Å². The number of hydrogen-bond acceptors (Lipinski definition) is 4. The maximum absolute atomic E-state index is 12.9. The van der Waals surface area contributed by atoms with Crippen molar-refractivity contribution in [2.24, 2.45) is 5.41 Å². The molecule has 1 heterocycles. The van der Waals surface area contributed by atoms with Crippen LogP contribution in [-0.2, 0) is 9.53 Å². The molecule has 6 heteroatoms. The van der Waals surface area contributed by atoms with Crippen LogP contribution in [0.1, 0.15) is 37.0 Å². The lowest BCUT2D eigenvalue weighted by Crippen LogP contribution is -2.43. The van der Waals surface area contributed by atoms with E-state index >= 15 is 0 Å². The number of carboxylic acids is 1. The number of hydrogen-bond donors (Lipinski definition) is 1. The van der Waals surface area contributed by atoms with E-state index in [-0.39, 0.29) is 11.3 Å². The number of piperidine rings is 1. The zero-order valence-corrected chi connectivity index (χ0v) is 15.3. The average molecular weight is 351 g/mol. The minimum absolute atomic E-state index is 0.0184. The molecule has 0 aromatic heterocycles. The van der Waals surface area contributed by atoms with E-state index in [1.807, 2.05) is 23.1 Å². The zero-order chi connectivity index (χ0) is 17.7. The second-order valence-corrected chi connectivity index (χ2v) is 8.01. The molecule has 0 bridgehead atoms. The second kappa shape index (κ2) is 8.03. The molecule has 1 aliphatic rings. The predicted molar refractivity (Wildman–Crippen MR) is 94.5 cm³/mol. The van der Waals surface area contributed by atoms with Crippen molar-refractivity contribution >= 4 is 23.6 Å². The summed E-state index contributed by atoms with van der Waals surface area (Å²) in [5, 5.41) is 8.51. The lowest BCUT2D eigenvalue weighted by Gasteiger charge is -2.39. The number of thioether (sulfide) groups is 1. The molecule has 1 N–H and O–H groups in total. The van der Waals surface area contributed by atoms with Crippen molar-refractivity contribution < 1.29 is 19.4 Å². The van der Waals surface area contributed by atoms with Crippen molar-refractivity contribution in [2.45, 2.75) is 36.8 Å². The Hall–Kier alpha value is -1.53. The maximum Gasteiger partial charge on any atom is 0.316 e. The largest absolute Gasteiger partial charge is 0.480 e. The van der Waals surface area contributed by atoms with Crippen LogP contribution in [0.3, 0.4) is 0 Å². The summed E-state index contributed by atoms with van der Waals surface area (Å²) in [5.41, 5.74) is 0.711. The van der Waals surface area contributed by atoms with Crippen LogP contribution in [0.4, 0.5) is 0 Å². The molecule has 2 rings (SSSR count). The molecular weight excluding hydrogens is 326 g/mol. The first-order chi connectivity index (χ1) is 11.4. The van der Waals surface area contributed by atoms with Crippen LogP contribution in [0.15, 0.2) is 29.2 Å². The van der Waals surface area contributed by atoms with Crippen LogP contribution in [0.25, 0.3) is 0 Å². The number of carbonyl (C=O) groups is 2. The molecular formula is C18H25NO4S. The molecule has 1 amide bonds. The first-order valence-electron chi connectivity index (χ1n) is 8.13. The molecule has 1 atom stereocenters. The summed E-state index contributed by atoms with van der Waals surface area (Å²) >= 11 is 1.21. The number of benzene rings is 1. The van der Waals surface area contributed by atoms with Gasteiger partial charge in [0.2, 0.25) is 0 Å². The highest BCUT2D eigenvalue weighted by molar-refractivity contribution is 8.00. The third-order valence-electron chi connectivity index (χ3n) is 4.52. The van der Waals surface area contributed by atoms with E-state index in [9.17, 15) is 9.59 Å². The molecule has 1 fully saturated rings.